The molecule has 0 radical (unpaired) electrons. The van der Waals surface area contributed by atoms with Crippen molar-refractivity contribution in [3.63, 3.8) is 0 Å². The van der Waals surface area contributed by atoms with Crippen molar-refractivity contribution in [2.45, 2.75) is 25.3 Å². The molecular weight excluding hydrogens is 180 g/mol. The van der Waals surface area contributed by atoms with Gasteiger partial charge in [0.05, 0.1) is 5.54 Å². The Bertz CT molecular complexity index is 236. The summed E-state index contributed by atoms with van der Waals surface area (Å²) >= 11 is 0. The Balaban J connectivity index is 1.97. The molecule has 0 aliphatic carbocycles. The van der Waals surface area contributed by atoms with Crippen molar-refractivity contribution in [3.8, 4) is 0 Å². The third kappa shape index (κ3) is 1.71. The number of rotatable bonds is 1. The van der Waals surface area contributed by atoms with Gasteiger partial charge in [-0.2, -0.15) is 0 Å². The number of cyclic esters (lactones) is 1. The first-order valence-electron chi connectivity index (χ1n) is 5.24. The van der Waals surface area contributed by atoms with Gasteiger partial charge in [0.1, 0.15) is 6.61 Å². The molecular formula is C10H18N2O2. The third-order valence-electron chi connectivity index (χ3n) is 3.51. The minimum atomic E-state index is -0.258. The average molecular weight is 198 g/mol. The van der Waals surface area contributed by atoms with E-state index in [1.54, 1.807) is 0 Å². The Morgan fingerprint density at radius 2 is 2.14 bits per heavy atom. The first kappa shape index (κ1) is 9.77. The van der Waals surface area contributed by atoms with Crippen LogP contribution in [0.5, 0.6) is 0 Å². The monoisotopic (exact) mass is 198 g/mol. The number of alkyl carbamates (subject to hydrolysis) is 1. The van der Waals surface area contributed by atoms with Gasteiger partial charge in [0.25, 0.3) is 0 Å². The molecule has 14 heavy (non-hydrogen) atoms. The first-order chi connectivity index (χ1) is 6.60. The van der Waals surface area contributed by atoms with Crippen LogP contribution in [0.25, 0.3) is 0 Å². The van der Waals surface area contributed by atoms with Crippen LogP contribution >= 0.6 is 0 Å². The van der Waals surface area contributed by atoms with Gasteiger partial charge in [-0.3, -0.25) is 0 Å². The Morgan fingerprint density at radius 3 is 2.64 bits per heavy atom. The van der Waals surface area contributed by atoms with E-state index in [1.165, 1.54) is 0 Å². The van der Waals surface area contributed by atoms with E-state index < -0.39 is 0 Å². The number of carbonyl (C=O) groups is 1. The fourth-order valence-corrected chi connectivity index (χ4v) is 2.39. The van der Waals surface area contributed by atoms with Gasteiger partial charge in [-0.1, -0.05) is 0 Å². The summed E-state index contributed by atoms with van der Waals surface area (Å²) < 4.78 is 4.98. The zero-order chi connectivity index (χ0) is 10.2. The Kier molecular flexibility index (Phi) is 2.39. The van der Waals surface area contributed by atoms with Crippen LogP contribution in [0, 0.1) is 5.92 Å². The highest BCUT2D eigenvalue weighted by Gasteiger charge is 2.42. The number of carbonyl (C=O) groups excluding carboxylic acids is 1. The first-order valence-corrected chi connectivity index (χ1v) is 5.24. The minimum absolute atomic E-state index is 0.127. The topological polar surface area (TPSA) is 41.6 Å². The lowest BCUT2D eigenvalue weighted by Gasteiger charge is -2.37. The molecule has 4 heteroatoms. The summed E-state index contributed by atoms with van der Waals surface area (Å²) in [5.41, 5.74) is -0.127. The van der Waals surface area contributed by atoms with E-state index in [4.69, 9.17) is 4.74 Å². The van der Waals surface area contributed by atoms with Crippen molar-refractivity contribution < 1.29 is 9.53 Å². The number of likely N-dealkylation sites (tertiary alicyclic amines) is 1. The van der Waals surface area contributed by atoms with Crippen molar-refractivity contribution in [3.05, 3.63) is 0 Å². The second kappa shape index (κ2) is 3.42. The molecule has 1 unspecified atom stereocenters. The van der Waals surface area contributed by atoms with Crippen LogP contribution in [0.15, 0.2) is 0 Å². The van der Waals surface area contributed by atoms with Crippen molar-refractivity contribution in [1.29, 1.82) is 0 Å². The largest absolute Gasteiger partial charge is 0.447 e. The molecule has 1 N–H and O–H groups in total. The Hall–Kier alpha value is -0.770. The standard InChI is InChI=1S/C10H18N2O2/c1-10(7-14-9(13)11-10)8-3-5-12(2)6-4-8/h8H,3-7H2,1-2H3,(H,11,13). The quantitative estimate of drug-likeness (QED) is 0.678. The van der Waals surface area contributed by atoms with Gasteiger partial charge in [0.15, 0.2) is 0 Å². The fraction of sp³-hybridized carbons (Fsp3) is 0.900. The zero-order valence-electron chi connectivity index (χ0n) is 8.88. The molecule has 2 fully saturated rings. The maximum Gasteiger partial charge on any atom is 0.407 e. The molecule has 2 heterocycles. The maximum absolute atomic E-state index is 11.0. The van der Waals surface area contributed by atoms with Crippen molar-refractivity contribution in [2.24, 2.45) is 5.92 Å². The lowest BCUT2D eigenvalue weighted by Crippen LogP contribution is -2.50. The van der Waals surface area contributed by atoms with Crippen molar-refractivity contribution in [1.82, 2.24) is 10.2 Å². The molecule has 4 nitrogen and oxygen atoms in total. The molecule has 2 aliphatic heterocycles. The highest BCUT2D eigenvalue weighted by Crippen LogP contribution is 2.30. The van der Waals surface area contributed by atoms with Gasteiger partial charge in [-0.15, -0.1) is 0 Å². The molecule has 1 amide bonds. The smallest absolute Gasteiger partial charge is 0.407 e. The predicted molar refractivity (Wildman–Crippen MR) is 53.1 cm³/mol. The van der Waals surface area contributed by atoms with Crippen LogP contribution in [-0.2, 0) is 4.74 Å². The molecule has 80 valence electrons. The van der Waals surface area contributed by atoms with Gasteiger partial charge >= 0.3 is 6.09 Å². The molecule has 2 aliphatic rings. The molecule has 0 aromatic carbocycles. The molecule has 0 aromatic rings. The van der Waals surface area contributed by atoms with E-state index >= 15 is 0 Å². The molecule has 0 bridgehead atoms. The summed E-state index contributed by atoms with van der Waals surface area (Å²) in [5.74, 6) is 0.560. The summed E-state index contributed by atoms with van der Waals surface area (Å²) in [5, 5.41) is 2.94. The van der Waals surface area contributed by atoms with Gasteiger partial charge in [0, 0.05) is 0 Å². The van der Waals surface area contributed by atoms with Crippen LogP contribution in [0.1, 0.15) is 19.8 Å². The Morgan fingerprint density at radius 1 is 1.50 bits per heavy atom. The molecule has 0 spiro atoms. The zero-order valence-corrected chi connectivity index (χ0v) is 8.88. The minimum Gasteiger partial charge on any atom is -0.447 e. The second-order valence-corrected chi connectivity index (χ2v) is 4.70. The van der Waals surface area contributed by atoms with E-state index in [9.17, 15) is 4.79 Å². The number of amides is 1. The molecule has 1 atom stereocenters. The number of hydrogen-bond donors (Lipinski definition) is 1. The third-order valence-corrected chi connectivity index (χ3v) is 3.51. The summed E-state index contributed by atoms with van der Waals surface area (Å²) in [6.45, 7) is 4.86. The highest BCUT2D eigenvalue weighted by molar-refractivity contribution is 5.70. The Labute approximate surface area is 84.6 Å². The second-order valence-electron chi connectivity index (χ2n) is 4.70. The van der Waals surface area contributed by atoms with Crippen LogP contribution in [-0.4, -0.2) is 43.3 Å². The van der Waals surface area contributed by atoms with Gasteiger partial charge in [-0.25, -0.2) is 4.79 Å². The summed E-state index contributed by atoms with van der Waals surface area (Å²) in [4.78, 5) is 13.4. The predicted octanol–water partition coefficient (Wildman–Crippen LogP) is 0.827. The number of nitrogens with zero attached hydrogens (tertiary/aromatic N) is 1. The SMILES string of the molecule is CN1CCC(C2(C)COC(=O)N2)CC1. The van der Waals surface area contributed by atoms with E-state index in [2.05, 4.69) is 24.2 Å². The van der Waals surface area contributed by atoms with Crippen LogP contribution in [0.4, 0.5) is 4.79 Å². The van der Waals surface area contributed by atoms with Gasteiger partial charge in [0.2, 0.25) is 0 Å². The van der Waals surface area contributed by atoms with Crippen LogP contribution in [0.2, 0.25) is 0 Å². The number of piperidine rings is 1. The molecule has 2 saturated heterocycles. The van der Waals surface area contributed by atoms with Gasteiger partial charge in [-0.05, 0) is 45.8 Å². The summed E-state index contributed by atoms with van der Waals surface area (Å²) in [6.07, 6.45) is 2.04. The van der Waals surface area contributed by atoms with E-state index in [1.807, 2.05) is 0 Å². The van der Waals surface area contributed by atoms with Crippen LogP contribution < -0.4 is 5.32 Å². The summed E-state index contributed by atoms with van der Waals surface area (Å²) in [6, 6.07) is 0. The van der Waals surface area contributed by atoms with E-state index in [0.29, 0.717) is 12.5 Å². The average Bonchev–Trinajstić information content (AvgIpc) is 2.48. The van der Waals surface area contributed by atoms with E-state index in [-0.39, 0.29) is 11.6 Å². The molecule has 0 saturated carbocycles. The normalized spacial score (nSPS) is 35.4. The number of nitrogens with one attached hydrogen (secondary N) is 1. The van der Waals surface area contributed by atoms with Crippen molar-refractivity contribution in [2.75, 3.05) is 26.7 Å². The lowest BCUT2D eigenvalue weighted by atomic mass is 9.80. The maximum atomic E-state index is 11.0. The fourth-order valence-electron chi connectivity index (χ4n) is 2.39. The number of hydrogen-bond acceptors (Lipinski definition) is 3. The lowest BCUT2D eigenvalue weighted by molar-refractivity contribution is 0.126. The van der Waals surface area contributed by atoms with Gasteiger partial charge < -0.3 is 15.0 Å². The number of ether oxygens (including phenoxy) is 1. The van der Waals surface area contributed by atoms with Crippen molar-refractivity contribution >= 4 is 6.09 Å². The summed E-state index contributed by atoms with van der Waals surface area (Å²) in [7, 11) is 2.14. The molecule has 2 rings (SSSR count). The van der Waals surface area contributed by atoms with E-state index in [0.717, 1.165) is 25.9 Å². The van der Waals surface area contributed by atoms with Crippen LogP contribution in [0.3, 0.4) is 0 Å². The highest BCUT2D eigenvalue weighted by atomic mass is 16.6. The molecule has 0 aromatic heterocycles.